The summed E-state index contributed by atoms with van der Waals surface area (Å²) in [5.74, 6) is 2.33. The van der Waals surface area contributed by atoms with Crippen LogP contribution in [0.2, 0.25) is 0 Å². The summed E-state index contributed by atoms with van der Waals surface area (Å²) in [6, 6.07) is 14.9. The van der Waals surface area contributed by atoms with Crippen LogP contribution < -0.4 is 5.32 Å². The van der Waals surface area contributed by atoms with Gasteiger partial charge in [0, 0.05) is 33.0 Å². The van der Waals surface area contributed by atoms with Gasteiger partial charge in [-0.15, -0.1) is 23.5 Å². The molecule has 0 aliphatic carbocycles. The monoisotopic (exact) mass is 415 g/mol. The molecule has 1 unspecified atom stereocenters. The predicted molar refractivity (Wildman–Crippen MR) is 115 cm³/mol. The van der Waals surface area contributed by atoms with E-state index in [0.29, 0.717) is 6.42 Å². The van der Waals surface area contributed by atoms with Gasteiger partial charge in [-0.05, 0) is 48.6 Å². The fraction of sp³-hybridized carbons (Fsp3) is 0.381. The molecular formula is C21H21NO2S3. The number of carbonyl (C=O) groups is 1. The van der Waals surface area contributed by atoms with Crippen molar-refractivity contribution in [2.24, 2.45) is 0 Å². The van der Waals surface area contributed by atoms with Crippen LogP contribution in [0.1, 0.15) is 37.3 Å². The van der Waals surface area contributed by atoms with Crippen molar-refractivity contribution >= 4 is 46.9 Å². The highest BCUT2D eigenvalue weighted by Crippen LogP contribution is 2.75. The minimum absolute atomic E-state index is 0.0724. The summed E-state index contributed by atoms with van der Waals surface area (Å²) >= 11 is 5.67. The largest absolute Gasteiger partial charge is 0.330 e. The molecule has 3 nitrogen and oxygen atoms in total. The van der Waals surface area contributed by atoms with Crippen LogP contribution in [0.4, 0.5) is 5.69 Å². The van der Waals surface area contributed by atoms with E-state index in [1.54, 1.807) is 11.8 Å². The van der Waals surface area contributed by atoms with E-state index in [4.69, 9.17) is 4.74 Å². The van der Waals surface area contributed by atoms with Gasteiger partial charge in [-0.1, -0.05) is 36.9 Å². The number of fused-ring (bicyclic) bond motifs is 5. The van der Waals surface area contributed by atoms with Crippen LogP contribution in [0.25, 0.3) is 0 Å². The number of amides is 1. The van der Waals surface area contributed by atoms with Crippen molar-refractivity contribution in [3.05, 3.63) is 53.6 Å². The van der Waals surface area contributed by atoms with Crippen LogP contribution in [0.15, 0.2) is 52.3 Å². The second kappa shape index (κ2) is 6.76. The molecule has 3 heterocycles. The van der Waals surface area contributed by atoms with Crippen molar-refractivity contribution in [1.29, 1.82) is 0 Å². The standard InChI is InChI=1S/C21H21NO2S3/c1-2-6-19(23)22-14-9-10-18-16(13-14)20(15-7-3-4-8-17(15)27-18)21(24-20)25-11-5-12-26-21/h3-4,7-10,13H,2,5-6,11-12H2,1H3,(H,22,23). The molecule has 2 aromatic rings. The lowest BCUT2D eigenvalue weighted by atomic mass is 9.90. The highest BCUT2D eigenvalue weighted by molar-refractivity contribution is 8.19. The molecule has 0 radical (unpaired) electrons. The Labute approximate surface area is 172 Å². The Bertz CT molecular complexity index is 910. The van der Waals surface area contributed by atoms with Crippen molar-refractivity contribution in [2.75, 3.05) is 16.8 Å². The number of hydrogen-bond donors (Lipinski definition) is 1. The highest BCUT2D eigenvalue weighted by atomic mass is 32.2. The molecule has 2 aromatic carbocycles. The number of hydrogen-bond acceptors (Lipinski definition) is 5. The molecule has 140 valence electrons. The van der Waals surface area contributed by atoms with Crippen LogP contribution >= 0.6 is 35.3 Å². The molecule has 1 atom stereocenters. The SMILES string of the molecule is CCCC(=O)Nc1ccc2c(c1)C1(OC13SCCCS3)c1ccccc1S2. The van der Waals surface area contributed by atoms with Crippen molar-refractivity contribution in [3.8, 4) is 0 Å². The number of epoxide rings is 1. The van der Waals surface area contributed by atoms with Gasteiger partial charge in [0.2, 0.25) is 5.91 Å². The number of rotatable bonds is 3. The van der Waals surface area contributed by atoms with Gasteiger partial charge in [0.25, 0.3) is 0 Å². The minimum Gasteiger partial charge on any atom is -0.330 e. The summed E-state index contributed by atoms with van der Waals surface area (Å²) in [6.07, 6.45) is 2.63. The third-order valence-electron chi connectivity index (χ3n) is 5.16. The molecule has 27 heavy (non-hydrogen) atoms. The number of thioether (sulfide) groups is 2. The molecule has 1 amide bonds. The zero-order valence-electron chi connectivity index (χ0n) is 15.1. The lowest BCUT2D eigenvalue weighted by Gasteiger charge is -2.30. The fourth-order valence-corrected chi connectivity index (χ4v) is 8.42. The summed E-state index contributed by atoms with van der Waals surface area (Å²) < 4.78 is 6.40. The number of benzene rings is 2. The van der Waals surface area contributed by atoms with Gasteiger partial charge < -0.3 is 10.1 Å². The zero-order chi connectivity index (χ0) is 18.5. The van der Waals surface area contributed by atoms with Gasteiger partial charge in [0.15, 0.2) is 9.87 Å². The van der Waals surface area contributed by atoms with Gasteiger partial charge in [0.1, 0.15) is 0 Å². The maximum atomic E-state index is 12.1. The smallest absolute Gasteiger partial charge is 0.224 e. The molecule has 3 aliphatic rings. The lowest BCUT2D eigenvalue weighted by molar-refractivity contribution is -0.116. The molecule has 2 spiro atoms. The molecule has 2 fully saturated rings. The summed E-state index contributed by atoms with van der Waals surface area (Å²) in [4.78, 5) is 14.6. The molecule has 0 bridgehead atoms. The van der Waals surface area contributed by atoms with Crippen LogP contribution in [-0.2, 0) is 15.1 Å². The van der Waals surface area contributed by atoms with Crippen LogP contribution in [-0.4, -0.2) is 21.7 Å². The third-order valence-corrected chi connectivity index (χ3v) is 9.50. The summed E-state index contributed by atoms with van der Waals surface area (Å²) in [5, 5.41) is 3.06. The first kappa shape index (κ1) is 18.0. The van der Waals surface area contributed by atoms with E-state index in [1.807, 2.05) is 36.5 Å². The second-order valence-corrected chi connectivity index (χ2v) is 10.9. The van der Waals surface area contributed by atoms with Gasteiger partial charge in [-0.2, -0.15) is 0 Å². The molecule has 2 saturated heterocycles. The predicted octanol–water partition coefficient (Wildman–Crippen LogP) is 5.69. The molecule has 0 aromatic heterocycles. The van der Waals surface area contributed by atoms with Gasteiger partial charge in [0.05, 0.1) is 0 Å². The molecule has 5 rings (SSSR count). The average molecular weight is 416 g/mol. The maximum Gasteiger partial charge on any atom is 0.224 e. The highest BCUT2D eigenvalue weighted by Gasteiger charge is 2.75. The fourth-order valence-electron chi connectivity index (χ4n) is 3.92. The molecular weight excluding hydrogens is 394 g/mol. The lowest BCUT2D eigenvalue weighted by Crippen LogP contribution is -2.26. The summed E-state index contributed by atoms with van der Waals surface area (Å²) in [5.41, 5.74) is 2.91. The van der Waals surface area contributed by atoms with Gasteiger partial charge >= 0.3 is 0 Å². The topological polar surface area (TPSA) is 41.6 Å². The van der Waals surface area contributed by atoms with Gasteiger partial charge in [-0.25, -0.2) is 0 Å². The molecule has 0 saturated carbocycles. The average Bonchev–Trinajstić information content (AvgIpc) is 3.30. The van der Waals surface area contributed by atoms with Crippen LogP contribution in [0.5, 0.6) is 0 Å². The van der Waals surface area contributed by atoms with E-state index < -0.39 is 5.60 Å². The first-order chi connectivity index (χ1) is 13.2. The van der Waals surface area contributed by atoms with E-state index in [-0.39, 0.29) is 10.2 Å². The summed E-state index contributed by atoms with van der Waals surface area (Å²) in [7, 11) is 0. The number of nitrogens with one attached hydrogen (secondary N) is 1. The van der Waals surface area contributed by atoms with E-state index in [0.717, 1.165) is 23.6 Å². The molecule has 6 heteroatoms. The minimum atomic E-state index is -0.411. The quantitative estimate of drug-likeness (QED) is 0.653. The first-order valence-corrected chi connectivity index (χ1v) is 12.2. The van der Waals surface area contributed by atoms with E-state index in [9.17, 15) is 4.79 Å². The van der Waals surface area contributed by atoms with E-state index >= 15 is 0 Å². The normalized spacial score (nSPS) is 24.3. The Balaban J connectivity index is 1.60. The van der Waals surface area contributed by atoms with Crippen molar-refractivity contribution in [3.63, 3.8) is 0 Å². The van der Waals surface area contributed by atoms with Crippen molar-refractivity contribution < 1.29 is 9.53 Å². The summed E-state index contributed by atoms with van der Waals surface area (Å²) in [6.45, 7) is 2.02. The van der Waals surface area contributed by atoms with Crippen molar-refractivity contribution in [1.82, 2.24) is 0 Å². The van der Waals surface area contributed by atoms with E-state index in [1.165, 1.54) is 27.3 Å². The Kier molecular flexibility index (Phi) is 4.50. The first-order valence-electron chi connectivity index (χ1n) is 9.38. The Morgan fingerprint density at radius 2 is 1.89 bits per heavy atom. The Morgan fingerprint density at radius 1 is 1.11 bits per heavy atom. The third kappa shape index (κ3) is 2.76. The number of carbonyl (C=O) groups excluding carboxylic acids is 1. The van der Waals surface area contributed by atoms with Crippen molar-refractivity contribution in [2.45, 2.75) is 45.8 Å². The molecule has 3 aliphatic heterocycles. The Hall–Kier alpha value is -1.08. The number of ether oxygens (including phenoxy) is 1. The number of anilines is 1. The maximum absolute atomic E-state index is 12.1. The second-order valence-electron chi connectivity index (χ2n) is 7.00. The van der Waals surface area contributed by atoms with Gasteiger partial charge in [-0.3, -0.25) is 4.79 Å². The zero-order valence-corrected chi connectivity index (χ0v) is 17.6. The molecule has 1 N–H and O–H groups in total. The Morgan fingerprint density at radius 3 is 2.70 bits per heavy atom. The van der Waals surface area contributed by atoms with E-state index in [2.05, 4.69) is 41.7 Å². The van der Waals surface area contributed by atoms with Crippen LogP contribution in [0.3, 0.4) is 0 Å². The van der Waals surface area contributed by atoms with Crippen LogP contribution in [0, 0.1) is 0 Å².